The van der Waals surface area contributed by atoms with Crippen molar-refractivity contribution in [2.75, 3.05) is 7.05 Å². The topological polar surface area (TPSA) is 34.1 Å². The Kier molecular flexibility index (Phi) is 5.62. The zero-order valence-electron chi connectivity index (χ0n) is 12.8. The van der Waals surface area contributed by atoms with Crippen LogP contribution in [0.5, 0.6) is 5.75 Å². The average Bonchev–Trinajstić information content (AvgIpc) is 2.94. The van der Waals surface area contributed by atoms with Crippen LogP contribution in [0.2, 0.25) is 5.02 Å². The molecule has 0 amide bonds. The lowest BCUT2D eigenvalue weighted by molar-refractivity contribution is 0.296. The molecule has 1 heterocycles. The van der Waals surface area contributed by atoms with Crippen LogP contribution < -0.4 is 10.1 Å². The predicted molar refractivity (Wildman–Crippen MR) is 89.5 cm³/mol. The second kappa shape index (κ2) is 7.25. The van der Waals surface area contributed by atoms with Gasteiger partial charge in [-0.2, -0.15) is 0 Å². The predicted octanol–water partition coefficient (Wildman–Crippen LogP) is 4.78. The molecule has 2 aromatic rings. The highest BCUT2D eigenvalue weighted by Gasteiger charge is 2.12. The van der Waals surface area contributed by atoms with E-state index in [1.807, 2.05) is 25.2 Å². The van der Waals surface area contributed by atoms with Crippen molar-refractivity contribution < 1.29 is 4.74 Å². The Morgan fingerprint density at radius 3 is 2.71 bits per heavy atom. The third-order valence-electron chi connectivity index (χ3n) is 3.31. The maximum Gasteiger partial charge on any atom is 0.131 e. The average molecular weight is 325 g/mol. The van der Waals surface area contributed by atoms with Gasteiger partial charge in [-0.05, 0) is 32.2 Å². The number of thiazole rings is 1. The van der Waals surface area contributed by atoms with Gasteiger partial charge in [0.1, 0.15) is 12.4 Å². The first kappa shape index (κ1) is 16.3. The third-order valence-corrected chi connectivity index (χ3v) is 4.74. The summed E-state index contributed by atoms with van der Waals surface area (Å²) in [4.78, 5) is 4.59. The smallest absolute Gasteiger partial charge is 0.131 e. The molecule has 2 rings (SSSR count). The van der Waals surface area contributed by atoms with E-state index >= 15 is 0 Å². The number of aromatic nitrogens is 1. The minimum absolute atomic E-state index is 0.181. The summed E-state index contributed by atoms with van der Waals surface area (Å²) >= 11 is 7.76. The standard InChI is InChI=1S/C16H21ClN2OS/c1-10(2)16-19-13(9-21-16)8-20-15-6-5-12(17)7-14(15)11(3)18-4/h5-7,9-11,18H,8H2,1-4H3. The maximum absolute atomic E-state index is 6.08. The molecular weight excluding hydrogens is 304 g/mol. The van der Waals surface area contributed by atoms with Crippen LogP contribution in [0.1, 0.15) is 49.0 Å². The number of nitrogens with zero attached hydrogens (tertiary/aromatic N) is 1. The summed E-state index contributed by atoms with van der Waals surface area (Å²) in [7, 11) is 1.92. The van der Waals surface area contributed by atoms with Gasteiger partial charge in [0, 0.05) is 27.9 Å². The molecule has 0 fully saturated rings. The molecule has 114 valence electrons. The van der Waals surface area contributed by atoms with E-state index in [1.165, 1.54) is 0 Å². The van der Waals surface area contributed by atoms with E-state index in [9.17, 15) is 0 Å². The van der Waals surface area contributed by atoms with Gasteiger partial charge in [-0.15, -0.1) is 11.3 Å². The van der Waals surface area contributed by atoms with Crippen molar-refractivity contribution in [1.29, 1.82) is 0 Å². The number of hydrogen-bond acceptors (Lipinski definition) is 4. The van der Waals surface area contributed by atoms with Gasteiger partial charge in [-0.3, -0.25) is 0 Å². The first-order chi connectivity index (χ1) is 10.0. The molecule has 0 bridgehead atoms. The second-order valence-electron chi connectivity index (χ2n) is 5.31. The number of nitrogens with one attached hydrogen (secondary N) is 1. The Hall–Kier alpha value is -1.10. The lowest BCUT2D eigenvalue weighted by atomic mass is 10.1. The first-order valence-corrected chi connectivity index (χ1v) is 8.30. The van der Waals surface area contributed by atoms with Crippen LogP contribution in [0.15, 0.2) is 23.6 Å². The highest BCUT2D eigenvalue weighted by atomic mass is 35.5. The molecule has 0 spiro atoms. The van der Waals surface area contributed by atoms with E-state index in [0.29, 0.717) is 12.5 Å². The normalized spacial score (nSPS) is 12.7. The van der Waals surface area contributed by atoms with Crippen LogP contribution in [-0.4, -0.2) is 12.0 Å². The lowest BCUT2D eigenvalue weighted by Gasteiger charge is -2.16. The van der Waals surface area contributed by atoms with Gasteiger partial charge in [0.25, 0.3) is 0 Å². The minimum Gasteiger partial charge on any atom is -0.487 e. The Morgan fingerprint density at radius 2 is 2.10 bits per heavy atom. The summed E-state index contributed by atoms with van der Waals surface area (Å²) < 4.78 is 5.94. The molecule has 0 saturated carbocycles. The van der Waals surface area contributed by atoms with Crippen molar-refractivity contribution in [2.24, 2.45) is 0 Å². The molecule has 5 heteroatoms. The van der Waals surface area contributed by atoms with Crippen LogP contribution in [0.3, 0.4) is 0 Å². The Labute approximate surface area is 135 Å². The molecule has 1 atom stereocenters. The molecule has 1 unspecified atom stereocenters. The molecule has 1 aromatic heterocycles. The SMILES string of the molecule is CNC(C)c1cc(Cl)ccc1OCc1csc(C(C)C)n1. The fourth-order valence-corrected chi connectivity index (χ4v) is 2.95. The fourth-order valence-electron chi connectivity index (χ4n) is 1.95. The number of ether oxygens (including phenoxy) is 1. The molecular formula is C16H21ClN2OS. The lowest BCUT2D eigenvalue weighted by Crippen LogP contribution is -2.13. The van der Waals surface area contributed by atoms with E-state index in [-0.39, 0.29) is 6.04 Å². The van der Waals surface area contributed by atoms with E-state index in [4.69, 9.17) is 16.3 Å². The van der Waals surface area contributed by atoms with E-state index in [1.54, 1.807) is 11.3 Å². The summed E-state index contributed by atoms with van der Waals surface area (Å²) in [6, 6.07) is 5.89. The Morgan fingerprint density at radius 1 is 1.33 bits per heavy atom. The highest BCUT2D eigenvalue weighted by Crippen LogP contribution is 2.29. The van der Waals surface area contributed by atoms with E-state index < -0.39 is 0 Å². The largest absolute Gasteiger partial charge is 0.487 e. The number of benzene rings is 1. The molecule has 21 heavy (non-hydrogen) atoms. The van der Waals surface area contributed by atoms with Crippen LogP contribution in [0, 0.1) is 0 Å². The monoisotopic (exact) mass is 324 g/mol. The minimum atomic E-state index is 0.181. The quantitative estimate of drug-likeness (QED) is 0.830. The molecule has 0 radical (unpaired) electrons. The van der Waals surface area contributed by atoms with Crippen molar-refractivity contribution in [3.63, 3.8) is 0 Å². The van der Waals surface area contributed by atoms with Crippen LogP contribution in [0.25, 0.3) is 0 Å². The zero-order chi connectivity index (χ0) is 15.4. The van der Waals surface area contributed by atoms with Crippen LogP contribution >= 0.6 is 22.9 Å². The van der Waals surface area contributed by atoms with Gasteiger partial charge in [0.15, 0.2) is 0 Å². The van der Waals surface area contributed by atoms with Gasteiger partial charge in [-0.1, -0.05) is 25.4 Å². The van der Waals surface area contributed by atoms with Gasteiger partial charge in [0.05, 0.1) is 10.7 Å². The van der Waals surface area contributed by atoms with Crippen LogP contribution in [0.4, 0.5) is 0 Å². The summed E-state index contributed by atoms with van der Waals surface area (Å²) in [5, 5.41) is 7.14. The first-order valence-electron chi connectivity index (χ1n) is 7.05. The van der Waals surface area contributed by atoms with Crippen molar-refractivity contribution in [2.45, 2.75) is 39.3 Å². The van der Waals surface area contributed by atoms with E-state index in [0.717, 1.165) is 27.0 Å². The Bertz CT molecular complexity index is 598. The van der Waals surface area contributed by atoms with Gasteiger partial charge >= 0.3 is 0 Å². The number of halogens is 1. The zero-order valence-corrected chi connectivity index (χ0v) is 14.4. The third kappa shape index (κ3) is 4.19. The molecule has 3 nitrogen and oxygen atoms in total. The van der Waals surface area contributed by atoms with Crippen LogP contribution in [-0.2, 0) is 6.61 Å². The van der Waals surface area contributed by atoms with Gasteiger partial charge in [0.2, 0.25) is 0 Å². The molecule has 0 aliphatic carbocycles. The molecule has 1 aromatic carbocycles. The van der Waals surface area contributed by atoms with Gasteiger partial charge < -0.3 is 10.1 Å². The summed E-state index contributed by atoms with van der Waals surface area (Å²) in [5.41, 5.74) is 2.03. The summed E-state index contributed by atoms with van der Waals surface area (Å²) in [5.74, 6) is 1.31. The van der Waals surface area contributed by atoms with Crippen molar-refractivity contribution in [3.8, 4) is 5.75 Å². The number of rotatable bonds is 6. The second-order valence-corrected chi connectivity index (χ2v) is 6.64. The van der Waals surface area contributed by atoms with Crippen molar-refractivity contribution in [1.82, 2.24) is 10.3 Å². The Balaban J connectivity index is 2.11. The van der Waals surface area contributed by atoms with Crippen molar-refractivity contribution in [3.05, 3.63) is 44.9 Å². The highest BCUT2D eigenvalue weighted by molar-refractivity contribution is 7.09. The van der Waals surface area contributed by atoms with E-state index in [2.05, 4.69) is 36.5 Å². The van der Waals surface area contributed by atoms with Crippen molar-refractivity contribution >= 4 is 22.9 Å². The molecule has 0 aliphatic heterocycles. The summed E-state index contributed by atoms with van der Waals surface area (Å²) in [6.07, 6.45) is 0. The number of hydrogen-bond donors (Lipinski definition) is 1. The maximum atomic E-state index is 6.08. The molecule has 1 N–H and O–H groups in total. The summed E-state index contributed by atoms with van der Waals surface area (Å²) in [6.45, 7) is 6.86. The fraction of sp³-hybridized carbons (Fsp3) is 0.438. The molecule has 0 saturated heterocycles. The van der Waals surface area contributed by atoms with Gasteiger partial charge in [-0.25, -0.2) is 4.98 Å². The molecule has 0 aliphatic rings.